The Hall–Kier alpha value is -1.52. The van der Waals surface area contributed by atoms with Crippen LogP contribution in [0.5, 0.6) is 0 Å². The number of carbonyl (C=O) groups excluding carboxylic acids is 1. The van der Waals surface area contributed by atoms with Crippen LogP contribution in [0.15, 0.2) is 48.5 Å². The molecule has 0 spiro atoms. The first-order valence-corrected chi connectivity index (χ1v) is 9.53. The molecule has 136 valence electrons. The van der Waals surface area contributed by atoms with E-state index in [0.29, 0.717) is 10.0 Å². The molecular weight excluding hydrogens is 391 g/mol. The van der Waals surface area contributed by atoms with Crippen LogP contribution >= 0.6 is 34.8 Å². The zero-order valence-electron chi connectivity index (χ0n) is 14.2. The Morgan fingerprint density at radius 2 is 1.62 bits per heavy atom. The molecule has 0 atom stereocenters. The molecule has 0 aromatic heterocycles. The highest BCUT2D eigenvalue weighted by atomic mass is 35.5. The van der Waals surface area contributed by atoms with Crippen molar-refractivity contribution in [3.63, 3.8) is 0 Å². The van der Waals surface area contributed by atoms with Crippen LogP contribution in [-0.2, 0) is 11.3 Å². The lowest BCUT2D eigenvalue weighted by atomic mass is 10.2. The van der Waals surface area contributed by atoms with Crippen molar-refractivity contribution in [2.24, 2.45) is 0 Å². The van der Waals surface area contributed by atoms with E-state index in [0.717, 1.165) is 43.3 Å². The van der Waals surface area contributed by atoms with Gasteiger partial charge in [0, 0.05) is 43.8 Å². The second kappa shape index (κ2) is 8.92. The first-order chi connectivity index (χ1) is 12.5. The van der Waals surface area contributed by atoms with Crippen molar-refractivity contribution in [3.05, 3.63) is 74.7 Å². The second-order valence-electron chi connectivity index (χ2n) is 6.23. The van der Waals surface area contributed by atoms with Crippen molar-refractivity contribution in [3.8, 4) is 0 Å². The zero-order chi connectivity index (χ0) is 18.5. The Kier molecular flexibility index (Phi) is 6.60. The number of carbonyl (C=O) groups is 1. The first kappa shape index (κ1) is 19.2. The highest BCUT2D eigenvalue weighted by molar-refractivity contribution is 6.42. The Balaban J connectivity index is 1.50. The summed E-state index contributed by atoms with van der Waals surface area (Å²) in [4.78, 5) is 16.6. The fourth-order valence-electron chi connectivity index (χ4n) is 2.86. The summed E-state index contributed by atoms with van der Waals surface area (Å²) in [5, 5.41) is 1.74. The normalized spacial score (nSPS) is 15.6. The van der Waals surface area contributed by atoms with Gasteiger partial charge >= 0.3 is 0 Å². The minimum absolute atomic E-state index is 0.0159. The van der Waals surface area contributed by atoms with Crippen molar-refractivity contribution in [1.29, 1.82) is 0 Å². The fraction of sp³-hybridized carbons (Fsp3) is 0.250. The quantitative estimate of drug-likeness (QED) is 0.663. The summed E-state index contributed by atoms with van der Waals surface area (Å²) in [5.41, 5.74) is 2.09. The molecule has 1 fully saturated rings. The average molecular weight is 410 g/mol. The molecule has 0 saturated carbocycles. The van der Waals surface area contributed by atoms with E-state index >= 15 is 0 Å². The van der Waals surface area contributed by atoms with Gasteiger partial charge in [-0.15, -0.1) is 0 Å². The number of rotatable bonds is 4. The Morgan fingerprint density at radius 3 is 2.27 bits per heavy atom. The summed E-state index contributed by atoms with van der Waals surface area (Å²) in [6, 6.07) is 13.2. The molecule has 2 aromatic rings. The van der Waals surface area contributed by atoms with Gasteiger partial charge in [0.15, 0.2) is 0 Å². The van der Waals surface area contributed by atoms with Gasteiger partial charge in [-0.05, 0) is 41.5 Å². The number of benzene rings is 2. The largest absolute Gasteiger partial charge is 0.337 e. The minimum atomic E-state index is 0.0159. The molecule has 0 N–H and O–H groups in total. The molecule has 1 amide bonds. The standard InChI is InChI=1S/C20H19Cl3N2O/c21-17-5-1-16(2-6-17)14-24-9-11-25(12-10-24)20(26)8-4-15-3-7-18(22)19(23)13-15/h1-8,13H,9-12,14H2/b8-4+. The van der Waals surface area contributed by atoms with E-state index in [4.69, 9.17) is 34.8 Å². The molecule has 0 unspecified atom stereocenters. The molecule has 26 heavy (non-hydrogen) atoms. The number of amides is 1. The fourth-order valence-corrected chi connectivity index (χ4v) is 3.30. The van der Waals surface area contributed by atoms with E-state index in [9.17, 15) is 4.79 Å². The second-order valence-corrected chi connectivity index (χ2v) is 7.49. The van der Waals surface area contributed by atoms with Crippen LogP contribution in [0.3, 0.4) is 0 Å². The van der Waals surface area contributed by atoms with Crippen LogP contribution in [0.25, 0.3) is 6.08 Å². The molecule has 1 heterocycles. The summed E-state index contributed by atoms with van der Waals surface area (Å²) in [5.74, 6) is 0.0159. The molecule has 0 radical (unpaired) electrons. The predicted molar refractivity (Wildman–Crippen MR) is 109 cm³/mol. The van der Waals surface area contributed by atoms with Crippen LogP contribution < -0.4 is 0 Å². The van der Waals surface area contributed by atoms with Crippen LogP contribution in [0.4, 0.5) is 0 Å². The van der Waals surface area contributed by atoms with Gasteiger partial charge in [-0.1, -0.05) is 53.0 Å². The van der Waals surface area contributed by atoms with E-state index in [1.165, 1.54) is 5.56 Å². The van der Waals surface area contributed by atoms with Crippen LogP contribution in [0.1, 0.15) is 11.1 Å². The zero-order valence-corrected chi connectivity index (χ0v) is 16.4. The van der Waals surface area contributed by atoms with Crippen LogP contribution in [-0.4, -0.2) is 41.9 Å². The summed E-state index contributed by atoms with van der Waals surface area (Å²) >= 11 is 17.8. The molecular formula is C20H19Cl3N2O. The maximum Gasteiger partial charge on any atom is 0.246 e. The van der Waals surface area contributed by atoms with E-state index in [2.05, 4.69) is 4.90 Å². The lowest BCUT2D eigenvalue weighted by Gasteiger charge is -2.34. The number of piperazine rings is 1. The Bertz CT molecular complexity index is 797. The average Bonchev–Trinajstić information content (AvgIpc) is 2.65. The molecule has 2 aromatic carbocycles. The van der Waals surface area contributed by atoms with Crippen LogP contribution in [0, 0.1) is 0 Å². The monoisotopic (exact) mass is 408 g/mol. The van der Waals surface area contributed by atoms with Crippen molar-refractivity contribution in [1.82, 2.24) is 9.80 Å². The molecule has 0 bridgehead atoms. The van der Waals surface area contributed by atoms with Gasteiger partial charge in [0.1, 0.15) is 0 Å². The summed E-state index contributed by atoms with van der Waals surface area (Å²) < 4.78 is 0. The molecule has 1 saturated heterocycles. The SMILES string of the molecule is O=C(/C=C/c1ccc(Cl)c(Cl)c1)N1CCN(Cc2ccc(Cl)cc2)CC1. The smallest absolute Gasteiger partial charge is 0.246 e. The van der Waals surface area contributed by atoms with Gasteiger partial charge in [0.2, 0.25) is 5.91 Å². The van der Waals surface area contributed by atoms with E-state index in [1.807, 2.05) is 35.2 Å². The van der Waals surface area contributed by atoms with Crippen molar-refractivity contribution >= 4 is 46.8 Å². The Labute approximate surface area is 168 Å². The lowest BCUT2D eigenvalue weighted by Crippen LogP contribution is -2.47. The molecule has 6 heteroatoms. The predicted octanol–water partition coefficient (Wildman–Crippen LogP) is 5.00. The highest BCUT2D eigenvalue weighted by Crippen LogP contribution is 2.23. The van der Waals surface area contributed by atoms with E-state index in [1.54, 1.807) is 24.3 Å². The van der Waals surface area contributed by atoms with Gasteiger partial charge in [0.25, 0.3) is 0 Å². The third-order valence-corrected chi connectivity index (χ3v) is 5.36. The number of halogens is 3. The van der Waals surface area contributed by atoms with E-state index < -0.39 is 0 Å². The van der Waals surface area contributed by atoms with Gasteiger partial charge in [-0.3, -0.25) is 9.69 Å². The number of nitrogens with zero attached hydrogens (tertiary/aromatic N) is 2. The topological polar surface area (TPSA) is 23.6 Å². The summed E-state index contributed by atoms with van der Waals surface area (Å²) in [7, 11) is 0. The molecule has 3 rings (SSSR count). The minimum Gasteiger partial charge on any atom is -0.337 e. The summed E-state index contributed by atoms with van der Waals surface area (Å²) in [6.45, 7) is 4.03. The first-order valence-electron chi connectivity index (χ1n) is 8.40. The maximum atomic E-state index is 12.4. The van der Waals surface area contributed by atoms with Gasteiger partial charge in [0.05, 0.1) is 10.0 Å². The third-order valence-electron chi connectivity index (χ3n) is 4.37. The summed E-state index contributed by atoms with van der Waals surface area (Å²) in [6.07, 6.45) is 3.36. The maximum absolute atomic E-state index is 12.4. The molecule has 0 aliphatic carbocycles. The third kappa shape index (κ3) is 5.24. The molecule has 1 aliphatic heterocycles. The molecule has 1 aliphatic rings. The Morgan fingerprint density at radius 1 is 0.923 bits per heavy atom. The van der Waals surface area contributed by atoms with Gasteiger partial charge in [-0.2, -0.15) is 0 Å². The van der Waals surface area contributed by atoms with Gasteiger partial charge < -0.3 is 4.90 Å². The highest BCUT2D eigenvalue weighted by Gasteiger charge is 2.19. The number of hydrogen-bond acceptors (Lipinski definition) is 2. The number of hydrogen-bond donors (Lipinski definition) is 0. The van der Waals surface area contributed by atoms with Crippen molar-refractivity contribution < 1.29 is 4.79 Å². The van der Waals surface area contributed by atoms with Crippen molar-refractivity contribution in [2.45, 2.75) is 6.54 Å². The van der Waals surface area contributed by atoms with Gasteiger partial charge in [-0.25, -0.2) is 0 Å². The lowest BCUT2D eigenvalue weighted by molar-refractivity contribution is -0.127. The van der Waals surface area contributed by atoms with Crippen LogP contribution in [0.2, 0.25) is 15.1 Å². The van der Waals surface area contributed by atoms with Crippen molar-refractivity contribution in [2.75, 3.05) is 26.2 Å². The van der Waals surface area contributed by atoms with E-state index in [-0.39, 0.29) is 5.91 Å². The molecule has 3 nitrogen and oxygen atoms in total.